The first-order valence-electron chi connectivity index (χ1n) is 14.4. The Morgan fingerprint density at radius 2 is 1.43 bits per heavy atom. The first-order chi connectivity index (χ1) is 21.1. The van der Waals surface area contributed by atoms with Gasteiger partial charge in [0.05, 0.1) is 28.0 Å². The van der Waals surface area contributed by atoms with Crippen LogP contribution in [0.2, 0.25) is 10.0 Å². The molecule has 2 bridgehead atoms. The molecule has 3 fully saturated rings. The second kappa shape index (κ2) is 10.7. The molecule has 10 heteroatoms. The molecule has 222 valence electrons. The molecule has 1 heterocycles. The van der Waals surface area contributed by atoms with E-state index in [1.807, 2.05) is 19.1 Å². The van der Waals surface area contributed by atoms with Crippen LogP contribution in [0.25, 0.3) is 0 Å². The number of aryl methyl sites for hydroxylation is 1. The number of amides is 3. The largest absolute Gasteiger partial charge is 0.423 e. The molecule has 8 rings (SSSR count). The number of benzene rings is 3. The average Bonchev–Trinajstić information content (AvgIpc) is 3.79. The zero-order valence-corrected chi connectivity index (χ0v) is 25.0. The molecule has 5 aliphatic rings. The minimum absolute atomic E-state index is 0.00153. The molecule has 2 saturated carbocycles. The van der Waals surface area contributed by atoms with Crippen LogP contribution in [0.4, 0.5) is 0 Å². The summed E-state index contributed by atoms with van der Waals surface area (Å²) in [6.45, 7) is 1.32. The van der Waals surface area contributed by atoms with Crippen molar-refractivity contribution in [1.82, 2.24) is 10.0 Å². The number of ether oxygens (including phenoxy) is 1. The van der Waals surface area contributed by atoms with E-state index in [9.17, 15) is 24.0 Å². The molecule has 4 aliphatic carbocycles. The van der Waals surface area contributed by atoms with E-state index >= 15 is 0 Å². The second-order valence-corrected chi connectivity index (χ2v) is 12.7. The highest BCUT2D eigenvalue weighted by Crippen LogP contribution is 2.65. The summed E-state index contributed by atoms with van der Waals surface area (Å²) < 4.78 is 5.43. The SMILES string of the molecule is Cc1ccc(C(=O)Oc2ccc(C(=O)CN(C(=O)c3ccc(Cl)cc3Cl)N3C(=O)[C@@H]4[C@H]5C=C[C@@H]([C@@H]6C[C@H]56)[C@H]4C3=O)cc2)cc1. The summed E-state index contributed by atoms with van der Waals surface area (Å²) in [6.07, 6.45) is 5.07. The first-order valence-corrected chi connectivity index (χ1v) is 15.1. The Morgan fingerprint density at radius 1 is 0.841 bits per heavy atom. The molecule has 0 spiro atoms. The number of carbonyl (C=O) groups excluding carboxylic acids is 5. The standard InChI is InChI=1S/C34H26Cl2N2O6/c1-17-2-4-19(5-3-17)34(43)44-21-9-6-18(7-10-21)28(39)16-37(31(40)24-11-8-20(35)14-27(24)36)38-32(41)29-22-12-13-23(26-15-25(22)26)30(29)33(38)42/h2-14,22-23,25-26,29-30H,15-16H2,1H3/t22-,23-,25-,26+,29+,30+/m0/s1. The van der Waals surface area contributed by atoms with Crippen molar-refractivity contribution in [2.24, 2.45) is 35.5 Å². The fraction of sp³-hybridized carbons (Fsp3) is 0.265. The Bertz CT molecular complexity index is 1730. The van der Waals surface area contributed by atoms with E-state index in [1.165, 1.54) is 42.5 Å². The lowest BCUT2D eigenvalue weighted by Crippen LogP contribution is -2.52. The highest BCUT2D eigenvalue weighted by Gasteiger charge is 2.68. The lowest BCUT2D eigenvalue weighted by Gasteiger charge is -2.37. The Kier molecular flexibility index (Phi) is 6.94. The first kappa shape index (κ1) is 28.5. The number of hydrogen-bond donors (Lipinski definition) is 0. The van der Waals surface area contributed by atoms with Crippen molar-refractivity contribution >= 4 is 52.7 Å². The van der Waals surface area contributed by atoms with E-state index in [-0.39, 0.29) is 33.7 Å². The molecular weight excluding hydrogens is 603 g/mol. The van der Waals surface area contributed by atoms with E-state index in [0.29, 0.717) is 22.4 Å². The minimum atomic E-state index is -0.769. The van der Waals surface area contributed by atoms with Gasteiger partial charge in [-0.1, -0.05) is 53.1 Å². The summed E-state index contributed by atoms with van der Waals surface area (Å²) in [5, 5.41) is 2.12. The number of halogens is 2. The van der Waals surface area contributed by atoms with Crippen molar-refractivity contribution in [3.8, 4) is 5.75 Å². The fourth-order valence-electron chi connectivity index (χ4n) is 7.01. The smallest absolute Gasteiger partial charge is 0.343 e. The van der Waals surface area contributed by atoms with Crippen LogP contribution in [0, 0.1) is 42.4 Å². The quantitative estimate of drug-likeness (QED) is 0.108. The van der Waals surface area contributed by atoms with Gasteiger partial charge in [0.15, 0.2) is 5.78 Å². The van der Waals surface area contributed by atoms with E-state index in [0.717, 1.165) is 22.0 Å². The van der Waals surface area contributed by atoms with Crippen LogP contribution < -0.4 is 4.74 Å². The summed E-state index contributed by atoms with van der Waals surface area (Å²) in [5.74, 6) is -3.06. The third-order valence-electron chi connectivity index (χ3n) is 9.24. The number of imide groups is 1. The van der Waals surface area contributed by atoms with Gasteiger partial charge in [0.2, 0.25) is 0 Å². The Labute approximate surface area is 263 Å². The van der Waals surface area contributed by atoms with Gasteiger partial charge in [-0.15, -0.1) is 0 Å². The van der Waals surface area contributed by atoms with Crippen LogP contribution in [0.1, 0.15) is 43.1 Å². The second-order valence-electron chi connectivity index (χ2n) is 11.8. The predicted molar refractivity (Wildman–Crippen MR) is 161 cm³/mol. The molecule has 1 aliphatic heterocycles. The van der Waals surface area contributed by atoms with Gasteiger partial charge in [0, 0.05) is 10.6 Å². The number of rotatable bonds is 7. The van der Waals surface area contributed by atoms with Gasteiger partial charge in [0.25, 0.3) is 17.7 Å². The predicted octanol–water partition coefficient (Wildman–Crippen LogP) is 5.81. The van der Waals surface area contributed by atoms with Crippen molar-refractivity contribution < 1.29 is 28.7 Å². The van der Waals surface area contributed by atoms with Crippen LogP contribution in [-0.4, -0.2) is 46.0 Å². The lowest BCUT2D eigenvalue weighted by molar-refractivity contribution is -0.154. The Morgan fingerprint density at radius 3 is 2.02 bits per heavy atom. The van der Waals surface area contributed by atoms with Gasteiger partial charge in [-0.2, -0.15) is 5.01 Å². The maximum atomic E-state index is 13.9. The normalized spacial score (nSPS) is 25.8. The Balaban J connectivity index is 1.15. The zero-order chi connectivity index (χ0) is 30.9. The highest BCUT2D eigenvalue weighted by molar-refractivity contribution is 6.36. The van der Waals surface area contributed by atoms with Gasteiger partial charge in [-0.25, -0.2) is 9.80 Å². The molecule has 44 heavy (non-hydrogen) atoms. The zero-order valence-electron chi connectivity index (χ0n) is 23.5. The summed E-state index contributed by atoms with van der Waals surface area (Å²) >= 11 is 12.4. The molecule has 0 unspecified atom stereocenters. The van der Waals surface area contributed by atoms with Crippen molar-refractivity contribution in [3.63, 3.8) is 0 Å². The van der Waals surface area contributed by atoms with Crippen molar-refractivity contribution in [3.05, 3.63) is 111 Å². The van der Waals surface area contributed by atoms with Crippen LogP contribution in [0.15, 0.2) is 78.9 Å². The summed E-state index contributed by atoms with van der Waals surface area (Å²) in [6, 6.07) is 17.1. The van der Waals surface area contributed by atoms with Gasteiger partial charge < -0.3 is 4.74 Å². The Hall–Kier alpha value is -4.27. The monoisotopic (exact) mass is 628 g/mol. The van der Waals surface area contributed by atoms with E-state index in [2.05, 4.69) is 0 Å². The van der Waals surface area contributed by atoms with Gasteiger partial charge >= 0.3 is 5.97 Å². The summed E-state index contributed by atoms with van der Waals surface area (Å²) in [7, 11) is 0. The lowest BCUT2D eigenvalue weighted by atomic mass is 9.63. The third-order valence-corrected chi connectivity index (χ3v) is 9.79. The maximum absolute atomic E-state index is 13.9. The molecule has 0 aromatic heterocycles. The van der Waals surface area contributed by atoms with Crippen LogP contribution >= 0.6 is 23.2 Å². The van der Waals surface area contributed by atoms with E-state index in [1.54, 1.807) is 24.3 Å². The summed E-state index contributed by atoms with van der Waals surface area (Å²) in [4.78, 5) is 67.8. The van der Waals surface area contributed by atoms with Crippen molar-refractivity contribution in [2.75, 3.05) is 6.54 Å². The maximum Gasteiger partial charge on any atom is 0.343 e. The molecule has 6 atom stereocenters. The van der Waals surface area contributed by atoms with E-state index in [4.69, 9.17) is 27.9 Å². The average molecular weight is 629 g/mol. The number of Topliss-reactive ketones (excluding diaryl/α,β-unsaturated/α-hetero) is 1. The third kappa shape index (κ3) is 4.73. The van der Waals surface area contributed by atoms with Crippen molar-refractivity contribution in [1.29, 1.82) is 0 Å². The minimum Gasteiger partial charge on any atom is -0.423 e. The van der Waals surface area contributed by atoms with Crippen molar-refractivity contribution in [2.45, 2.75) is 13.3 Å². The number of hydrogen-bond acceptors (Lipinski definition) is 6. The topological polar surface area (TPSA) is 101 Å². The molecule has 1 saturated heterocycles. The molecule has 0 N–H and O–H groups in total. The number of ketones is 1. The number of allylic oxidation sites excluding steroid dienone is 2. The molecular formula is C34H26Cl2N2O6. The number of carbonyl (C=O) groups is 5. The number of nitrogens with zero attached hydrogens (tertiary/aromatic N) is 2. The molecule has 3 aromatic rings. The highest BCUT2D eigenvalue weighted by atomic mass is 35.5. The number of esters is 1. The van der Waals surface area contributed by atoms with Crippen LogP contribution in [0.5, 0.6) is 5.75 Å². The van der Waals surface area contributed by atoms with E-state index < -0.39 is 47.9 Å². The molecule has 3 aromatic carbocycles. The van der Waals surface area contributed by atoms with Gasteiger partial charge in [-0.05, 0) is 91.6 Å². The molecule has 0 radical (unpaired) electrons. The van der Waals surface area contributed by atoms with Crippen LogP contribution in [0.3, 0.4) is 0 Å². The molecule has 8 nitrogen and oxygen atoms in total. The van der Waals surface area contributed by atoms with Gasteiger partial charge in [-0.3, -0.25) is 19.2 Å². The summed E-state index contributed by atoms with van der Waals surface area (Å²) in [5.41, 5.74) is 1.58. The van der Waals surface area contributed by atoms with Gasteiger partial charge in [0.1, 0.15) is 12.3 Å². The molecule has 3 amide bonds. The number of hydrazine groups is 1. The fourth-order valence-corrected chi connectivity index (χ4v) is 7.50. The van der Waals surface area contributed by atoms with Crippen LogP contribution in [-0.2, 0) is 9.59 Å².